The van der Waals surface area contributed by atoms with Gasteiger partial charge < -0.3 is 10.0 Å². The van der Waals surface area contributed by atoms with E-state index in [9.17, 15) is 23.1 Å². The van der Waals surface area contributed by atoms with Gasteiger partial charge in [-0.3, -0.25) is 9.78 Å². The van der Waals surface area contributed by atoms with Gasteiger partial charge in [0.1, 0.15) is 0 Å². The average Bonchev–Trinajstić information content (AvgIpc) is 3.09. The summed E-state index contributed by atoms with van der Waals surface area (Å²) >= 11 is 6.34. The molecule has 1 aliphatic carbocycles. The highest BCUT2D eigenvalue weighted by Crippen LogP contribution is 2.39. The van der Waals surface area contributed by atoms with Gasteiger partial charge in [0.2, 0.25) is 0 Å². The van der Waals surface area contributed by atoms with Crippen molar-refractivity contribution >= 4 is 23.1 Å². The molecule has 1 fully saturated rings. The summed E-state index contributed by atoms with van der Waals surface area (Å²) in [6.45, 7) is 5.21. The molecule has 2 heterocycles. The SMILES string of the molecule is CC(C)(C(=O)O)c1ccc(CCCN2CCC(=C3c4ccc(Cl)cc4CCc4cccnc43)CC2)c(C(F)(F)F)c1. The molecule has 1 saturated heterocycles. The van der Waals surface area contributed by atoms with Crippen LogP contribution in [0.3, 0.4) is 0 Å². The van der Waals surface area contributed by atoms with E-state index >= 15 is 0 Å². The molecule has 8 heteroatoms. The zero-order valence-corrected chi connectivity index (χ0v) is 24.1. The highest BCUT2D eigenvalue weighted by molar-refractivity contribution is 6.30. The Kier molecular flexibility index (Phi) is 8.31. The topological polar surface area (TPSA) is 53.4 Å². The molecule has 0 bridgehead atoms. The number of halogens is 4. The van der Waals surface area contributed by atoms with Crippen molar-refractivity contribution in [3.8, 4) is 0 Å². The molecule has 2 aromatic carbocycles. The lowest BCUT2D eigenvalue weighted by Gasteiger charge is -2.30. The molecule has 216 valence electrons. The Balaban J connectivity index is 1.30. The molecule has 5 rings (SSSR count). The number of benzene rings is 2. The summed E-state index contributed by atoms with van der Waals surface area (Å²) in [6, 6.07) is 14.2. The minimum absolute atomic E-state index is 0.149. The van der Waals surface area contributed by atoms with Gasteiger partial charge >= 0.3 is 12.1 Å². The number of piperidine rings is 1. The van der Waals surface area contributed by atoms with Crippen molar-refractivity contribution in [2.24, 2.45) is 0 Å². The van der Waals surface area contributed by atoms with Gasteiger partial charge in [-0.25, -0.2) is 0 Å². The van der Waals surface area contributed by atoms with Crippen LogP contribution in [0.25, 0.3) is 5.57 Å². The van der Waals surface area contributed by atoms with E-state index < -0.39 is 23.1 Å². The fraction of sp³-hybridized carbons (Fsp3) is 0.394. The Morgan fingerprint density at radius 2 is 1.73 bits per heavy atom. The smallest absolute Gasteiger partial charge is 0.416 e. The van der Waals surface area contributed by atoms with Crippen molar-refractivity contribution in [1.29, 1.82) is 0 Å². The number of aryl methyl sites for hydroxylation is 3. The Morgan fingerprint density at radius 3 is 2.44 bits per heavy atom. The van der Waals surface area contributed by atoms with E-state index in [1.165, 1.54) is 53.8 Å². The van der Waals surface area contributed by atoms with Gasteiger partial charge in [-0.05, 0) is 111 Å². The number of aromatic nitrogens is 1. The summed E-state index contributed by atoms with van der Waals surface area (Å²) in [6.07, 6.45) is 1.73. The van der Waals surface area contributed by atoms with Crippen molar-refractivity contribution < 1.29 is 23.1 Å². The van der Waals surface area contributed by atoms with Crippen LogP contribution < -0.4 is 0 Å². The predicted molar refractivity (Wildman–Crippen MR) is 155 cm³/mol. The second-order valence-electron chi connectivity index (χ2n) is 11.5. The maximum Gasteiger partial charge on any atom is 0.416 e. The van der Waals surface area contributed by atoms with E-state index in [0.29, 0.717) is 13.0 Å². The molecular weight excluding hydrogens is 549 g/mol. The fourth-order valence-corrected chi connectivity index (χ4v) is 6.19. The van der Waals surface area contributed by atoms with Crippen LogP contribution in [0.2, 0.25) is 5.02 Å². The van der Waals surface area contributed by atoms with Gasteiger partial charge in [0.25, 0.3) is 0 Å². The third-order valence-corrected chi connectivity index (χ3v) is 8.77. The van der Waals surface area contributed by atoms with Crippen LogP contribution in [-0.2, 0) is 35.6 Å². The van der Waals surface area contributed by atoms with Gasteiger partial charge in [-0.2, -0.15) is 13.2 Å². The van der Waals surface area contributed by atoms with E-state index in [1.807, 2.05) is 18.3 Å². The van der Waals surface area contributed by atoms with Crippen LogP contribution >= 0.6 is 11.6 Å². The van der Waals surface area contributed by atoms with E-state index in [0.717, 1.165) is 55.6 Å². The summed E-state index contributed by atoms with van der Waals surface area (Å²) in [5, 5.41) is 10.2. The molecule has 3 aromatic rings. The third-order valence-electron chi connectivity index (χ3n) is 8.53. The van der Waals surface area contributed by atoms with Crippen molar-refractivity contribution in [2.45, 2.75) is 64.0 Å². The summed E-state index contributed by atoms with van der Waals surface area (Å²) in [5.41, 5.74) is 5.50. The van der Waals surface area contributed by atoms with Gasteiger partial charge in [0.05, 0.1) is 16.7 Å². The number of carbonyl (C=O) groups is 1. The van der Waals surface area contributed by atoms with Crippen LogP contribution in [0, 0.1) is 0 Å². The van der Waals surface area contributed by atoms with E-state index in [-0.39, 0.29) is 17.5 Å². The third kappa shape index (κ3) is 6.21. The first kappa shape index (κ1) is 29.3. The fourth-order valence-electron chi connectivity index (χ4n) is 5.99. The zero-order valence-electron chi connectivity index (χ0n) is 23.3. The standard InChI is InChI=1S/C33H34ClF3N2O2/c1-32(2,31(40)41)25-10-9-21(28(20-25)33(35,36)37)6-4-16-39-17-13-22(14-18-39)29-27-12-11-26(34)19-24(27)8-7-23-5-3-15-38-30(23)29/h3,5,9-12,15,19-20H,4,6-8,13-14,16-18H2,1-2H3,(H,40,41). The lowest BCUT2D eigenvalue weighted by molar-refractivity contribution is -0.143. The number of carboxylic acids is 1. The van der Waals surface area contributed by atoms with Crippen molar-refractivity contribution in [1.82, 2.24) is 9.88 Å². The largest absolute Gasteiger partial charge is 0.481 e. The van der Waals surface area contributed by atoms with Gasteiger partial charge in [-0.15, -0.1) is 0 Å². The molecule has 0 atom stereocenters. The first-order valence-corrected chi connectivity index (χ1v) is 14.4. The molecule has 0 saturated carbocycles. The lowest BCUT2D eigenvalue weighted by atomic mass is 9.82. The lowest BCUT2D eigenvalue weighted by Crippen LogP contribution is -2.32. The molecule has 2 aliphatic rings. The maximum atomic E-state index is 13.9. The minimum Gasteiger partial charge on any atom is -0.481 e. The molecule has 0 radical (unpaired) electrons. The molecular formula is C33H34ClF3N2O2. The highest BCUT2D eigenvalue weighted by atomic mass is 35.5. The molecule has 41 heavy (non-hydrogen) atoms. The molecule has 4 nitrogen and oxygen atoms in total. The number of carboxylic acid groups (broad SMARTS) is 1. The number of hydrogen-bond acceptors (Lipinski definition) is 3. The zero-order chi connectivity index (χ0) is 29.4. The number of rotatable bonds is 6. The summed E-state index contributed by atoms with van der Waals surface area (Å²) in [4.78, 5) is 18.7. The quantitative estimate of drug-likeness (QED) is 0.323. The van der Waals surface area contributed by atoms with E-state index in [1.54, 1.807) is 0 Å². The minimum atomic E-state index is -4.55. The van der Waals surface area contributed by atoms with Crippen LogP contribution in [0.5, 0.6) is 0 Å². The first-order valence-electron chi connectivity index (χ1n) is 14.1. The summed E-state index contributed by atoms with van der Waals surface area (Å²) in [7, 11) is 0. The van der Waals surface area contributed by atoms with Crippen LogP contribution in [0.15, 0.2) is 60.3 Å². The van der Waals surface area contributed by atoms with Crippen LogP contribution in [0.1, 0.15) is 72.2 Å². The Bertz CT molecular complexity index is 1490. The molecule has 1 aromatic heterocycles. The normalized spacial score (nSPS) is 16.2. The number of fused-ring (bicyclic) bond motifs is 2. The molecule has 0 unspecified atom stereocenters. The van der Waals surface area contributed by atoms with E-state index in [2.05, 4.69) is 23.1 Å². The number of alkyl halides is 3. The predicted octanol–water partition coefficient (Wildman–Crippen LogP) is 7.75. The van der Waals surface area contributed by atoms with Crippen LogP contribution in [0.4, 0.5) is 13.2 Å². The number of aliphatic carboxylic acids is 1. The van der Waals surface area contributed by atoms with Crippen molar-refractivity contribution in [2.75, 3.05) is 19.6 Å². The summed E-state index contributed by atoms with van der Waals surface area (Å²) < 4.78 is 41.7. The second-order valence-corrected chi connectivity index (χ2v) is 12.0. The molecule has 1 N–H and O–H groups in total. The second kappa shape index (κ2) is 11.6. The Hall–Kier alpha value is -3.16. The van der Waals surface area contributed by atoms with Crippen molar-refractivity contribution in [3.05, 3.63) is 104 Å². The average molecular weight is 583 g/mol. The maximum absolute atomic E-state index is 13.9. The number of likely N-dealkylation sites (tertiary alicyclic amines) is 1. The number of nitrogens with zero attached hydrogens (tertiary/aromatic N) is 2. The molecule has 1 aliphatic heterocycles. The molecule has 0 amide bonds. The Morgan fingerprint density at radius 1 is 1.00 bits per heavy atom. The Labute approximate surface area is 243 Å². The first-order chi connectivity index (χ1) is 19.4. The van der Waals surface area contributed by atoms with E-state index in [4.69, 9.17) is 16.6 Å². The molecule has 0 spiro atoms. The number of hydrogen-bond donors (Lipinski definition) is 1. The van der Waals surface area contributed by atoms with Crippen molar-refractivity contribution in [3.63, 3.8) is 0 Å². The monoisotopic (exact) mass is 582 g/mol. The van der Waals surface area contributed by atoms with Gasteiger partial charge in [0.15, 0.2) is 0 Å². The summed E-state index contributed by atoms with van der Waals surface area (Å²) in [5.74, 6) is -1.16. The van der Waals surface area contributed by atoms with Crippen LogP contribution in [-0.4, -0.2) is 40.6 Å². The van der Waals surface area contributed by atoms with Gasteiger partial charge in [0, 0.05) is 29.9 Å². The van der Waals surface area contributed by atoms with Gasteiger partial charge in [-0.1, -0.05) is 41.4 Å². The number of pyridine rings is 1. The highest BCUT2D eigenvalue weighted by Gasteiger charge is 2.37.